The fraction of sp³-hybridized carbons (Fsp3) is 0.538. The molecule has 0 spiro atoms. The van der Waals surface area contributed by atoms with Gasteiger partial charge >= 0.3 is 0 Å². The van der Waals surface area contributed by atoms with Gasteiger partial charge in [-0.15, -0.1) is 0 Å². The third kappa shape index (κ3) is 4.10. The van der Waals surface area contributed by atoms with Crippen LogP contribution in [0.1, 0.15) is 18.9 Å². The van der Waals surface area contributed by atoms with E-state index in [4.69, 9.17) is 4.74 Å². The van der Waals surface area contributed by atoms with Gasteiger partial charge in [-0.2, -0.15) is 10.2 Å². The van der Waals surface area contributed by atoms with Gasteiger partial charge in [0.1, 0.15) is 0 Å². The zero-order valence-electron chi connectivity index (χ0n) is 11.5. The highest BCUT2D eigenvalue weighted by Crippen LogP contribution is 2.08. The number of aryl methyl sites for hydroxylation is 1. The van der Waals surface area contributed by atoms with Crippen molar-refractivity contribution in [2.45, 2.75) is 33.0 Å². The summed E-state index contributed by atoms with van der Waals surface area (Å²) in [4.78, 5) is 0. The fourth-order valence-electron chi connectivity index (χ4n) is 1.82. The van der Waals surface area contributed by atoms with Gasteiger partial charge in [0.2, 0.25) is 0 Å². The Morgan fingerprint density at radius 2 is 1.95 bits per heavy atom. The van der Waals surface area contributed by atoms with Gasteiger partial charge in [0, 0.05) is 38.2 Å². The molecule has 6 heteroatoms. The van der Waals surface area contributed by atoms with Crippen molar-refractivity contribution in [3.63, 3.8) is 0 Å². The average molecular weight is 263 g/mol. The lowest BCUT2D eigenvalue weighted by Crippen LogP contribution is -2.04. The quantitative estimate of drug-likeness (QED) is 0.788. The van der Waals surface area contributed by atoms with Crippen LogP contribution < -0.4 is 5.32 Å². The lowest BCUT2D eigenvalue weighted by Gasteiger charge is -2.01. The third-order valence-corrected chi connectivity index (χ3v) is 2.79. The molecule has 0 fully saturated rings. The molecule has 0 unspecified atom stereocenters. The Morgan fingerprint density at radius 1 is 1.16 bits per heavy atom. The van der Waals surface area contributed by atoms with Crippen LogP contribution in [-0.2, 0) is 24.4 Å². The van der Waals surface area contributed by atoms with Crippen molar-refractivity contribution in [2.75, 3.05) is 19.0 Å². The molecule has 2 rings (SSSR count). The number of hydrogen-bond donors (Lipinski definition) is 1. The lowest BCUT2D eigenvalue weighted by atomic mass is 10.3. The molecule has 2 aromatic heterocycles. The molecule has 1 N–H and O–H groups in total. The van der Waals surface area contributed by atoms with E-state index in [1.54, 1.807) is 7.11 Å². The van der Waals surface area contributed by atoms with Crippen LogP contribution in [0.2, 0.25) is 0 Å². The van der Waals surface area contributed by atoms with Crippen molar-refractivity contribution in [1.82, 2.24) is 19.6 Å². The minimum atomic E-state index is 0.672. The van der Waals surface area contributed by atoms with E-state index >= 15 is 0 Å². The number of rotatable bonds is 8. The topological polar surface area (TPSA) is 56.9 Å². The van der Waals surface area contributed by atoms with E-state index in [1.807, 2.05) is 28.0 Å². The monoisotopic (exact) mass is 263 g/mol. The highest BCUT2D eigenvalue weighted by molar-refractivity contribution is 5.38. The van der Waals surface area contributed by atoms with Crippen molar-refractivity contribution >= 4 is 5.69 Å². The summed E-state index contributed by atoms with van der Waals surface area (Å²) in [5.41, 5.74) is 2.19. The highest BCUT2D eigenvalue weighted by Gasteiger charge is 2.00. The number of hydrogen-bond acceptors (Lipinski definition) is 4. The Balaban J connectivity index is 1.82. The Labute approximate surface area is 113 Å². The minimum absolute atomic E-state index is 0.672. The molecule has 0 aliphatic heterocycles. The summed E-state index contributed by atoms with van der Waals surface area (Å²) in [5, 5.41) is 11.9. The van der Waals surface area contributed by atoms with Crippen molar-refractivity contribution in [3.05, 3.63) is 30.4 Å². The molecule has 6 nitrogen and oxygen atoms in total. The first kappa shape index (κ1) is 13.6. The summed E-state index contributed by atoms with van der Waals surface area (Å²) in [5.74, 6) is 0. The summed E-state index contributed by atoms with van der Waals surface area (Å²) >= 11 is 0. The summed E-state index contributed by atoms with van der Waals surface area (Å²) in [6.07, 6.45) is 8.88. The molecule has 0 bridgehead atoms. The number of nitrogens with zero attached hydrogens (tertiary/aromatic N) is 4. The summed E-state index contributed by atoms with van der Waals surface area (Å²) in [6.45, 7) is 5.32. The Hall–Kier alpha value is -1.82. The van der Waals surface area contributed by atoms with Gasteiger partial charge in [-0.05, 0) is 6.42 Å². The summed E-state index contributed by atoms with van der Waals surface area (Å²) in [7, 11) is 1.69. The summed E-state index contributed by atoms with van der Waals surface area (Å²) in [6, 6.07) is 0. The zero-order valence-corrected chi connectivity index (χ0v) is 11.5. The molecule has 0 saturated carbocycles. The molecule has 0 aromatic carbocycles. The van der Waals surface area contributed by atoms with Crippen LogP contribution >= 0.6 is 0 Å². The van der Waals surface area contributed by atoms with Gasteiger partial charge in [-0.1, -0.05) is 6.92 Å². The van der Waals surface area contributed by atoms with Crippen molar-refractivity contribution in [1.29, 1.82) is 0 Å². The van der Waals surface area contributed by atoms with E-state index < -0.39 is 0 Å². The van der Waals surface area contributed by atoms with E-state index in [1.165, 1.54) is 5.56 Å². The molecule has 0 atom stereocenters. The van der Waals surface area contributed by atoms with Gasteiger partial charge in [0.05, 0.1) is 31.2 Å². The molecule has 0 saturated heterocycles. The van der Waals surface area contributed by atoms with Gasteiger partial charge in [0.25, 0.3) is 0 Å². The summed E-state index contributed by atoms with van der Waals surface area (Å²) < 4.78 is 8.86. The second-order valence-electron chi connectivity index (χ2n) is 4.45. The first-order chi connectivity index (χ1) is 9.31. The largest absolute Gasteiger partial charge is 0.383 e. The van der Waals surface area contributed by atoms with Gasteiger partial charge in [0.15, 0.2) is 0 Å². The molecule has 104 valence electrons. The number of anilines is 1. The highest BCUT2D eigenvalue weighted by atomic mass is 16.5. The molecule has 19 heavy (non-hydrogen) atoms. The Kier molecular flexibility index (Phi) is 4.97. The minimum Gasteiger partial charge on any atom is -0.383 e. The molecular formula is C13H21N5O. The van der Waals surface area contributed by atoms with Crippen molar-refractivity contribution in [3.8, 4) is 0 Å². The van der Waals surface area contributed by atoms with Crippen LogP contribution in [-0.4, -0.2) is 33.3 Å². The predicted octanol–water partition coefficient (Wildman–Crippen LogP) is 1.75. The smallest absolute Gasteiger partial charge is 0.0729 e. The SMILES string of the molecule is CCCn1cc(CNc2cnn(CCOC)c2)cn1. The second-order valence-corrected chi connectivity index (χ2v) is 4.45. The van der Waals surface area contributed by atoms with Crippen molar-refractivity contribution < 1.29 is 4.74 Å². The van der Waals surface area contributed by atoms with Crippen LogP contribution in [0.3, 0.4) is 0 Å². The first-order valence-electron chi connectivity index (χ1n) is 6.58. The van der Waals surface area contributed by atoms with E-state index in [0.29, 0.717) is 6.61 Å². The first-order valence-corrected chi connectivity index (χ1v) is 6.58. The molecule has 2 aromatic rings. The average Bonchev–Trinajstić information content (AvgIpc) is 3.03. The van der Waals surface area contributed by atoms with E-state index in [-0.39, 0.29) is 0 Å². The zero-order chi connectivity index (χ0) is 13.5. The van der Waals surface area contributed by atoms with Crippen molar-refractivity contribution in [2.24, 2.45) is 0 Å². The maximum atomic E-state index is 5.02. The fourth-order valence-corrected chi connectivity index (χ4v) is 1.82. The molecule has 0 amide bonds. The Morgan fingerprint density at radius 3 is 2.74 bits per heavy atom. The molecule has 0 aliphatic carbocycles. The molecule has 2 heterocycles. The van der Waals surface area contributed by atoms with Gasteiger partial charge < -0.3 is 10.1 Å². The Bertz CT molecular complexity index is 491. The second kappa shape index (κ2) is 6.94. The molecule has 0 radical (unpaired) electrons. The predicted molar refractivity (Wildman–Crippen MR) is 73.9 cm³/mol. The van der Waals surface area contributed by atoms with E-state index in [0.717, 1.165) is 31.7 Å². The number of ether oxygens (including phenoxy) is 1. The van der Waals surface area contributed by atoms with Crippen LogP contribution in [0.5, 0.6) is 0 Å². The maximum absolute atomic E-state index is 5.02. The molecule has 0 aliphatic rings. The maximum Gasteiger partial charge on any atom is 0.0729 e. The normalized spacial score (nSPS) is 10.8. The lowest BCUT2D eigenvalue weighted by molar-refractivity contribution is 0.183. The van der Waals surface area contributed by atoms with E-state index in [2.05, 4.69) is 28.6 Å². The van der Waals surface area contributed by atoms with Crippen LogP contribution in [0.4, 0.5) is 5.69 Å². The van der Waals surface area contributed by atoms with Crippen LogP contribution in [0.25, 0.3) is 0 Å². The van der Waals surface area contributed by atoms with Crippen LogP contribution in [0.15, 0.2) is 24.8 Å². The molecular weight excluding hydrogens is 242 g/mol. The van der Waals surface area contributed by atoms with Gasteiger partial charge in [-0.3, -0.25) is 9.36 Å². The van der Waals surface area contributed by atoms with Gasteiger partial charge in [-0.25, -0.2) is 0 Å². The van der Waals surface area contributed by atoms with E-state index in [9.17, 15) is 0 Å². The third-order valence-electron chi connectivity index (χ3n) is 2.79. The number of aromatic nitrogens is 4. The number of nitrogens with one attached hydrogen (secondary N) is 1. The standard InChI is InChI=1S/C13H21N5O/c1-3-4-17-10-12(8-15-17)7-14-13-9-16-18(11-13)5-6-19-2/h8-11,14H,3-7H2,1-2H3. The number of methoxy groups -OCH3 is 1. The van der Waals surface area contributed by atoms with Crippen LogP contribution in [0, 0.1) is 0 Å².